The molecular weight excluding hydrogens is 284 g/mol. The number of aliphatic hydroxyl groups is 3. The van der Waals surface area contributed by atoms with Crippen LogP contribution in [-0.2, 0) is 9.47 Å². The molecule has 0 saturated carbocycles. The van der Waals surface area contributed by atoms with Crippen LogP contribution in [0.1, 0.15) is 64.7 Å². The van der Waals surface area contributed by atoms with Gasteiger partial charge in [-0.05, 0) is 6.42 Å². The second kappa shape index (κ2) is 12.3. The lowest BCUT2D eigenvalue weighted by atomic mass is 10.1. The van der Waals surface area contributed by atoms with Crippen LogP contribution in [0.15, 0.2) is 0 Å². The van der Waals surface area contributed by atoms with E-state index in [1.54, 1.807) is 0 Å². The molecule has 1 heterocycles. The fourth-order valence-corrected chi connectivity index (χ4v) is 2.85. The van der Waals surface area contributed by atoms with Crippen molar-refractivity contribution < 1.29 is 24.8 Å². The van der Waals surface area contributed by atoms with Crippen LogP contribution in [0.4, 0.5) is 0 Å². The molecule has 3 N–H and O–H groups in total. The van der Waals surface area contributed by atoms with Gasteiger partial charge in [-0.1, -0.05) is 58.3 Å². The van der Waals surface area contributed by atoms with Crippen LogP contribution in [0, 0.1) is 0 Å². The molecule has 1 rings (SSSR count). The molecule has 132 valence electrons. The van der Waals surface area contributed by atoms with E-state index >= 15 is 0 Å². The highest BCUT2D eigenvalue weighted by Gasteiger charge is 2.40. The van der Waals surface area contributed by atoms with Gasteiger partial charge in [0.2, 0.25) is 0 Å². The quantitative estimate of drug-likeness (QED) is 0.453. The van der Waals surface area contributed by atoms with Gasteiger partial charge >= 0.3 is 0 Å². The summed E-state index contributed by atoms with van der Waals surface area (Å²) in [6, 6.07) is 0. The Morgan fingerprint density at radius 2 is 1.64 bits per heavy atom. The van der Waals surface area contributed by atoms with Gasteiger partial charge in [0.05, 0.1) is 13.2 Å². The van der Waals surface area contributed by atoms with E-state index in [-0.39, 0.29) is 12.7 Å². The first-order chi connectivity index (χ1) is 10.7. The van der Waals surface area contributed by atoms with Crippen LogP contribution < -0.4 is 0 Å². The van der Waals surface area contributed by atoms with Crippen LogP contribution in [0.25, 0.3) is 0 Å². The zero-order valence-electron chi connectivity index (χ0n) is 14.0. The van der Waals surface area contributed by atoms with E-state index in [4.69, 9.17) is 14.6 Å². The Hall–Kier alpha value is -0.200. The summed E-state index contributed by atoms with van der Waals surface area (Å²) < 4.78 is 10.9. The Labute approximate surface area is 134 Å². The maximum atomic E-state index is 9.97. The van der Waals surface area contributed by atoms with Crippen LogP contribution in [0.3, 0.4) is 0 Å². The largest absolute Gasteiger partial charge is 0.394 e. The third kappa shape index (κ3) is 7.38. The van der Waals surface area contributed by atoms with Gasteiger partial charge in [0.1, 0.15) is 24.4 Å². The van der Waals surface area contributed by atoms with Crippen molar-refractivity contribution >= 4 is 0 Å². The van der Waals surface area contributed by atoms with Gasteiger partial charge in [0.25, 0.3) is 0 Å². The predicted octanol–water partition coefficient (Wildman–Crippen LogP) is 2.02. The third-order valence-corrected chi connectivity index (χ3v) is 4.32. The molecule has 1 saturated heterocycles. The van der Waals surface area contributed by atoms with Crippen molar-refractivity contribution in [3.05, 3.63) is 0 Å². The summed E-state index contributed by atoms with van der Waals surface area (Å²) in [4.78, 5) is 0. The second-order valence-corrected chi connectivity index (χ2v) is 6.28. The predicted molar refractivity (Wildman–Crippen MR) is 85.8 cm³/mol. The van der Waals surface area contributed by atoms with Crippen molar-refractivity contribution in [2.75, 3.05) is 19.8 Å². The topological polar surface area (TPSA) is 79.2 Å². The maximum Gasteiger partial charge on any atom is 0.114 e. The van der Waals surface area contributed by atoms with Crippen molar-refractivity contribution in [1.29, 1.82) is 0 Å². The number of hydrogen-bond donors (Lipinski definition) is 3. The highest BCUT2D eigenvalue weighted by Crippen LogP contribution is 2.20. The van der Waals surface area contributed by atoms with Crippen LogP contribution in [0.5, 0.6) is 0 Å². The van der Waals surface area contributed by atoms with Crippen molar-refractivity contribution in [2.24, 2.45) is 0 Å². The van der Waals surface area contributed by atoms with Crippen LogP contribution in [0.2, 0.25) is 0 Å². The molecule has 1 fully saturated rings. The molecule has 4 atom stereocenters. The number of rotatable bonds is 13. The van der Waals surface area contributed by atoms with Gasteiger partial charge in [0, 0.05) is 6.61 Å². The first-order valence-electron chi connectivity index (χ1n) is 8.90. The fourth-order valence-electron chi connectivity index (χ4n) is 2.85. The lowest BCUT2D eigenvalue weighted by molar-refractivity contribution is -0.0730. The molecule has 0 amide bonds. The molecule has 0 unspecified atom stereocenters. The minimum atomic E-state index is -1.05. The van der Waals surface area contributed by atoms with Crippen molar-refractivity contribution in [3.8, 4) is 0 Å². The third-order valence-electron chi connectivity index (χ3n) is 4.32. The summed E-state index contributed by atoms with van der Waals surface area (Å²) in [5.74, 6) is 0. The highest BCUT2D eigenvalue weighted by molar-refractivity contribution is 4.88. The average molecular weight is 318 g/mol. The summed E-state index contributed by atoms with van der Waals surface area (Å²) in [6.45, 7) is 2.72. The number of hydrogen-bond acceptors (Lipinski definition) is 5. The molecule has 22 heavy (non-hydrogen) atoms. The minimum absolute atomic E-state index is 0.278. The molecule has 0 aromatic carbocycles. The summed E-state index contributed by atoms with van der Waals surface area (Å²) in [7, 11) is 0. The van der Waals surface area contributed by atoms with Crippen molar-refractivity contribution in [3.63, 3.8) is 0 Å². The zero-order valence-corrected chi connectivity index (χ0v) is 14.0. The molecule has 1 aliphatic heterocycles. The summed E-state index contributed by atoms with van der Waals surface area (Å²) >= 11 is 0. The molecule has 0 aromatic heterocycles. The van der Waals surface area contributed by atoms with E-state index < -0.39 is 24.9 Å². The Bertz CT molecular complexity index is 261. The number of aliphatic hydroxyl groups excluding tert-OH is 3. The van der Waals surface area contributed by atoms with Crippen molar-refractivity contribution in [1.82, 2.24) is 0 Å². The van der Waals surface area contributed by atoms with Gasteiger partial charge in [-0.25, -0.2) is 0 Å². The Morgan fingerprint density at radius 3 is 2.23 bits per heavy atom. The van der Waals surface area contributed by atoms with Gasteiger partial charge in [0.15, 0.2) is 0 Å². The Balaban J connectivity index is 1.95. The van der Waals surface area contributed by atoms with E-state index in [1.807, 2.05) is 0 Å². The number of ether oxygens (including phenoxy) is 2. The van der Waals surface area contributed by atoms with E-state index in [2.05, 4.69) is 6.92 Å². The van der Waals surface area contributed by atoms with E-state index in [9.17, 15) is 10.2 Å². The molecule has 5 nitrogen and oxygen atoms in total. The normalized spacial score (nSPS) is 26.5. The summed E-state index contributed by atoms with van der Waals surface area (Å²) in [5.41, 5.74) is 0. The monoisotopic (exact) mass is 318 g/mol. The van der Waals surface area contributed by atoms with Crippen LogP contribution >= 0.6 is 0 Å². The van der Waals surface area contributed by atoms with E-state index in [0.717, 1.165) is 12.8 Å². The van der Waals surface area contributed by atoms with Gasteiger partial charge < -0.3 is 24.8 Å². The molecule has 0 aliphatic carbocycles. The smallest absolute Gasteiger partial charge is 0.114 e. The van der Waals surface area contributed by atoms with Gasteiger partial charge in [-0.15, -0.1) is 0 Å². The summed E-state index contributed by atoms with van der Waals surface area (Å²) in [5, 5.41) is 28.4. The molecule has 0 aromatic rings. The average Bonchev–Trinajstić information content (AvgIpc) is 2.89. The van der Waals surface area contributed by atoms with Crippen LogP contribution in [-0.4, -0.2) is 59.6 Å². The number of unbranched alkanes of at least 4 members (excludes halogenated alkanes) is 8. The van der Waals surface area contributed by atoms with Crippen molar-refractivity contribution in [2.45, 2.75) is 89.1 Å². The summed E-state index contributed by atoms with van der Waals surface area (Å²) in [6.07, 6.45) is 8.34. The molecule has 0 spiro atoms. The molecule has 1 aliphatic rings. The SMILES string of the molecule is CCCCCCCCCCCO[C@H]1CO[C@@H]([C@H](O)CO)[C@H]1O. The molecule has 0 radical (unpaired) electrons. The first-order valence-corrected chi connectivity index (χ1v) is 8.90. The second-order valence-electron chi connectivity index (χ2n) is 6.28. The zero-order chi connectivity index (χ0) is 16.2. The first kappa shape index (κ1) is 19.8. The Kier molecular flexibility index (Phi) is 11.1. The van der Waals surface area contributed by atoms with E-state index in [0.29, 0.717) is 6.61 Å². The highest BCUT2D eigenvalue weighted by atomic mass is 16.6. The molecule has 5 heteroatoms. The minimum Gasteiger partial charge on any atom is -0.394 e. The maximum absolute atomic E-state index is 9.97. The molecular formula is C17H34O5. The fraction of sp³-hybridized carbons (Fsp3) is 1.00. The lowest BCUT2D eigenvalue weighted by Crippen LogP contribution is -2.41. The molecule has 0 bridgehead atoms. The van der Waals surface area contributed by atoms with Gasteiger partial charge in [-0.3, -0.25) is 0 Å². The standard InChI is InChI=1S/C17H34O5/c1-2-3-4-5-6-7-8-9-10-11-21-15-13-22-17(16(15)20)14(19)12-18/h14-20H,2-13H2,1H3/t14-,15+,16+,17+/m1/s1. The van der Waals surface area contributed by atoms with E-state index in [1.165, 1.54) is 44.9 Å². The Morgan fingerprint density at radius 1 is 1.05 bits per heavy atom. The lowest BCUT2D eigenvalue weighted by Gasteiger charge is -2.20. The van der Waals surface area contributed by atoms with Gasteiger partial charge in [-0.2, -0.15) is 0 Å².